The molecule has 0 bridgehead atoms. The number of amides is 4. The Kier molecular flexibility index (Phi) is 6.86. The molecule has 3 aromatic carbocycles. The molecule has 2 aliphatic carbocycles. The van der Waals surface area contributed by atoms with Gasteiger partial charge in [-0.15, -0.1) is 23.2 Å². The van der Waals surface area contributed by atoms with Gasteiger partial charge in [-0.25, -0.2) is 9.29 Å². The summed E-state index contributed by atoms with van der Waals surface area (Å²) >= 11 is 18.2. The van der Waals surface area contributed by atoms with Crippen molar-refractivity contribution in [2.24, 2.45) is 17.8 Å². The number of imide groups is 2. The van der Waals surface area contributed by atoms with Crippen molar-refractivity contribution in [1.82, 2.24) is 0 Å². The monoisotopic (exact) mass is 710 g/mol. The van der Waals surface area contributed by atoms with E-state index in [0.717, 1.165) is 21.5 Å². The molecule has 0 unspecified atom stereocenters. The molecule has 230 valence electrons. The summed E-state index contributed by atoms with van der Waals surface area (Å²) in [6, 6.07) is 15.2. The van der Waals surface area contributed by atoms with Crippen molar-refractivity contribution in [3.63, 3.8) is 0 Å². The molecular weight excluding hydrogens is 686 g/mol. The molecule has 3 aromatic rings. The highest BCUT2D eigenvalue weighted by Gasteiger charge is 2.76. The Morgan fingerprint density at radius 1 is 0.844 bits per heavy atom. The molecular formula is C34H26BrCl2FN2O5. The fraction of sp³-hybridized carbons (Fsp3) is 0.294. The number of carbonyl (C=O) groups is 4. The zero-order valence-corrected chi connectivity index (χ0v) is 27.2. The van der Waals surface area contributed by atoms with Gasteiger partial charge in [0.15, 0.2) is 9.75 Å². The minimum atomic E-state index is -2.04. The van der Waals surface area contributed by atoms with Crippen molar-refractivity contribution >= 4 is 74.1 Å². The van der Waals surface area contributed by atoms with Crippen LogP contribution in [0.4, 0.5) is 15.8 Å². The van der Waals surface area contributed by atoms with Gasteiger partial charge in [-0.1, -0.05) is 39.7 Å². The second-order valence-electron chi connectivity index (χ2n) is 12.2. The largest absolute Gasteiger partial charge is 0.507 e. The number of carbonyl (C=O) groups excluding carboxylic acids is 4. The summed E-state index contributed by atoms with van der Waals surface area (Å²) in [5.74, 6) is -6.00. The first-order valence-corrected chi connectivity index (χ1v) is 16.0. The van der Waals surface area contributed by atoms with Crippen LogP contribution in [0, 0.1) is 37.4 Å². The number of alkyl halides is 2. The Bertz CT molecular complexity index is 1840. The number of phenols is 1. The van der Waals surface area contributed by atoms with E-state index < -0.39 is 57.0 Å². The van der Waals surface area contributed by atoms with Crippen LogP contribution in [0.2, 0.25) is 0 Å². The number of allylic oxidation sites excluding steroid dienone is 2. The summed E-state index contributed by atoms with van der Waals surface area (Å²) in [5, 5.41) is 10.6. The average molecular weight is 712 g/mol. The van der Waals surface area contributed by atoms with E-state index in [2.05, 4.69) is 15.9 Å². The fourth-order valence-electron chi connectivity index (χ4n) is 7.77. The fourth-order valence-corrected chi connectivity index (χ4v) is 8.97. The lowest BCUT2D eigenvalue weighted by Crippen LogP contribution is -2.60. The van der Waals surface area contributed by atoms with Crippen LogP contribution in [0.5, 0.6) is 5.75 Å². The highest BCUT2D eigenvalue weighted by Crippen LogP contribution is 2.66. The van der Waals surface area contributed by atoms with E-state index in [1.165, 1.54) is 17.0 Å². The highest BCUT2D eigenvalue weighted by molar-refractivity contribution is 9.10. The zero-order valence-electron chi connectivity index (χ0n) is 24.1. The Balaban J connectivity index is 1.41. The maximum atomic E-state index is 14.5. The normalized spacial score (nSPS) is 30.8. The number of hydrogen-bond acceptors (Lipinski definition) is 5. The predicted molar refractivity (Wildman–Crippen MR) is 171 cm³/mol. The molecule has 11 heteroatoms. The molecule has 2 aliphatic heterocycles. The van der Waals surface area contributed by atoms with Crippen LogP contribution >= 0.6 is 39.1 Å². The van der Waals surface area contributed by atoms with E-state index in [4.69, 9.17) is 23.2 Å². The molecule has 1 N–H and O–H groups in total. The Morgan fingerprint density at radius 2 is 1.42 bits per heavy atom. The van der Waals surface area contributed by atoms with Crippen molar-refractivity contribution in [1.29, 1.82) is 0 Å². The summed E-state index contributed by atoms with van der Waals surface area (Å²) in [5.41, 5.74) is 2.79. The Labute approximate surface area is 276 Å². The van der Waals surface area contributed by atoms with Gasteiger partial charge in [0.25, 0.3) is 11.8 Å². The summed E-state index contributed by atoms with van der Waals surface area (Å²) in [4.78, 5) is 54.7. The molecule has 0 spiro atoms. The second kappa shape index (κ2) is 10.2. The minimum Gasteiger partial charge on any atom is -0.507 e. The van der Waals surface area contributed by atoms with Gasteiger partial charge in [-0.05, 0) is 97.8 Å². The summed E-state index contributed by atoms with van der Waals surface area (Å²) in [7, 11) is 0. The minimum absolute atomic E-state index is 0.0769. The first kappa shape index (κ1) is 30.1. The third-order valence-electron chi connectivity index (χ3n) is 9.83. The molecule has 4 aliphatic rings. The van der Waals surface area contributed by atoms with Gasteiger partial charge in [0, 0.05) is 10.4 Å². The van der Waals surface area contributed by atoms with Crippen LogP contribution in [0.1, 0.15) is 35.4 Å². The Hall–Kier alpha value is -3.53. The van der Waals surface area contributed by atoms with Gasteiger partial charge < -0.3 is 5.11 Å². The van der Waals surface area contributed by atoms with Gasteiger partial charge in [0.2, 0.25) is 11.8 Å². The number of phenolic OH excluding ortho intramolecular Hbond substituents is 1. The molecule has 45 heavy (non-hydrogen) atoms. The molecule has 7 rings (SSSR count). The van der Waals surface area contributed by atoms with Crippen LogP contribution in [0.25, 0.3) is 0 Å². The van der Waals surface area contributed by atoms with Crippen molar-refractivity contribution in [2.45, 2.75) is 42.4 Å². The van der Waals surface area contributed by atoms with Crippen LogP contribution in [0.15, 0.2) is 76.8 Å². The highest BCUT2D eigenvalue weighted by atomic mass is 79.9. The number of nitrogens with zero attached hydrogens (tertiary/aromatic N) is 2. The zero-order chi connectivity index (χ0) is 32.2. The van der Waals surface area contributed by atoms with E-state index in [1.807, 2.05) is 6.08 Å². The van der Waals surface area contributed by atoms with E-state index in [0.29, 0.717) is 28.0 Å². The third-order valence-corrected chi connectivity index (χ3v) is 11.8. The van der Waals surface area contributed by atoms with Gasteiger partial charge in [-0.3, -0.25) is 24.1 Å². The van der Waals surface area contributed by atoms with Crippen molar-refractivity contribution < 1.29 is 28.7 Å². The molecule has 0 aromatic heterocycles. The van der Waals surface area contributed by atoms with Crippen LogP contribution in [-0.2, 0) is 19.2 Å². The molecule has 0 radical (unpaired) electrons. The average Bonchev–Trinajstić information content (AvgIpc) is 3.34. The topological polar surface area (TPSA) is 95.0 Å². The number of rotatable bonds is 3. The summed E-state index contributed by atoms with van der Waals surface area (Å²) in [6.07, 6.45) is 1.92. The molecule has 2 saturated heterocycles. The molecule has 7 nitrogen and oxygen atoms in total. The van der Waals surface area contributed by atoms with Crippen LogP contribution in [-0.4, -0.2) is 38.5 Å². The summed E-state index contributed by atoms with van der Waals surface area (Å²) in [6.45, 7) is 3.43. The molecule has 6 atom stereocenters. The van der Waals surface area contributed by atoms with Crippen molar-refractivity contribution in [3.8, 4) is 5.75 Å². The molecule has 4 amide bonds. The maximum Gasteiger partial charge on any atom is 0.258 e. The number of benzene rings is 3. The number of fused-ring (bicyclic) bond motifs is 4. The first-order valence-electron chi connectivity index (χ1n) is 14.5. The first-order chi connectivity index (χ1) is 21.3. The summed E-state index contributed by atoms with van der Waals surface area (Å²) < 4.78 is 14.6. The van der Waals surface area contributed by atoms with Gasteiger partial charge in [0.05, 0.1) is 23.2 Å². The number of anilines is 2. The lowest BCUT2D eigenvalue weighted by atomic mass is 9.56. The van der Waals surface area contributed by atoms with Crippen LogP contribution in [0.3, 0.4) is 0 Å². The molecule has 3 fully saturated rings. The number of aromatic hydroxyl groups is 1. The number of halogens is 4. The number of hydrogen-bond donors (Lipinski definition) is 1. The molecule has 1 saturated carbocycles. The van der Waals surface area contributed by atoms with E-state index >= 15 is 0 Å². The van der Waals surface area contributed by atoms with Crippen LogP contribution < -0.4 is 9.80 Å². The lowest BCUT2D eigenvalue weighted by Gasteiger charge is -2.50. The Morgan fingerprint density at radius 3 is 2.04 bits per heavy atom. The van der Waals surface area contributed by atoms with Gasteiger partial charge in [-0.2, -0.15) is 0 Å². The van der Waals surface area contributed by atoms with E-state index in [9.17, 15) is 28.7 Å². The van der Waals surface area contributed by atoms with Gasteiger partial charge >= 0.3 is 0 Å². The quantitative estimate of drug-likeness (QED) is 0.186. The maximum absolute atomic E-state index is 14.5. The van der Waals surface area contributed by atoms with Gasteiger partial charge in [0.1, 0.15) is 11.6 Å². The third kappa shape index (κ3) is 4.06. The van der Waals surface area contributed by atoms with Crippen molar-refractivity contribution in [2.75, 3.05) is 9.80 Å². The smallest absolute Gasteiger partial charge is 0.258 e. The molecule has 2 heterocycles. The number of aryl methyl sites for hydroxylation is 2. The SMILES string of the molecule is Cc1cc([C@H]2C3=CC[C@@H]4C(=O)N(c5ccc(Br)cc5)C(=O)[C@@H]4[C@@H]3C[C@@]3(Cl)C(=O)N(c4ccc(F)cc4)C(=O)[C@@]23Cl)cc(C)c1O. The standard InChI is InChI=1S/C34H26BrCl2FN2O5/c1-16-13-18(14-17(2)28(16)41)27-23-11-12-24-26(30(43)39(29(24)42)21-7-3-19(35)4-8-21)25(23)15-33(36)31(44)40(32(45)34(27,33)37)22-9-5-20(38)6-10-22/h3-11,13-14,24-27,41H,12,15H2,1-2H3/t24-,25+,26-,27-,33+,34-/m0/s1. The predicted octanol–water partition coefficient (Wildman–Crippen LogP) is 6.68. The van der Waals surface area contributed by atoms with E-state index in [-0.39, 0.29) is 30.2 Å². The van der Waals surface area contributed by atoms with E-state index in [1.54, 1.807) is 50.2 Å². The lowest BCUT2D eigenvalue weighted by molar-refractivity contribution is -0.125. The second-order valence-corrected chi connectivity index (χ2v) is 14.4. The van der Waals surface area contributed by atoms with Crippen molar-refractivity contribution in [3.05, 3.63) is 99.3 Å².